The second kappa shape index (κ2) is 11.3. The second-order valence-electron chi connectivity index (χ2n) is 8.55. The van der Waals surface area contributed by atoms with Crippen LogP contribution in [-0.4, -0.2) is 62.2 Å². The minimum absolute atomic E-state index is 0.105. The number of rotatable bonds is 10. The van der Waals surface area contributed by atoms with E-state index >= 15 is 0 Å². The minimum atomic E-state index is -3.62. The number of esters is 1. The number of hydrogen-bond donors (Lipinski definition) is 3. The molecule has 0 radical (unpaired) electrons. The van der Waals surface area contributed by atoms with Crippen LogP contribution in [0.15, 0.2) is 21.9 Å². The molecule has 1 saturated carbocycles. The van der Waals surface area contributed by atoms with Crippen LogP contribution in [0.1, 0.15) is 52.7 Å². The van der Waals surface area contributed by atoms with E-state index < -0.39 is 53.3 Å². The smallest absolute Gasteiger partial charge is 0.330 e. The van der Waals surface area contributed by atoms with E-state index in [1.54, 1.807) is 13.8 Å². The molecule has 1 aliphatic heterocycles. The SMILES string of the molecule is CCOC(=O)C(C)NP(=O)(OC[C@H]1O[C@@H](n2ccc(=O)[nH]c2=O)[C@](C)(Cl)[C@@H]1O)SC1CCCC1. The van der Waals surface area contributed by atoms with Crippen LogP contribution in [0.25, 0.3) is 0 Å². The largest absolute Gasteiger partial charge is 0.465 e. The van der Waals surface area contributed by atoms with Gasteiger partial charge in [-0.05, 0) is 33.6 Å². The third-order valence-electron chi connectivity index (χ3n) is 5.81. The van der Waals surface area contributed by atoms with Gasteiger partial charge >= 0.3 is 18.4 Å². The van der Waals surface area contributed by atoms with Gasteiger partial charge in [0.25, 0.3) is 5.56 Å². The summed E-state index contributed by atoms with van der Waals surface area (Å²) < 4.78 is 31.4. The number of aliphatic hydroxyl groups excluding tert-OH is 1. The van der Waals surface area contributed by atoms with Crippen molar-refractivity contribution in [2.24, 2.45) is 0 Å². The van der Waals surface area contributed by atoms with Crippen LogP contribution in [0.5, 0.6) is 0 Å². The van der Waals surface area contributed by atoms with Crippen LogP contribution in [0.4, 0.5) is 0 Å². The molecule has 3 rings (SSSR count). The Labute approximate surface area is 206 Å². The molecule has 2 aliphatic rings. The lowest BCUT2D eigenvalue weighted by molar-refractivity contribution is -0.144. The molecule has 2 heterocycles. The van der Waals surface area contributed by atoms with Crippen molar-refractivity contribution < 1.29 is 28.5 Å². The topological polar surface area (TPSA) is 149 Å². The lowest BCUT2D eigenvalue weighted by Crippen LogP contribution is -2.43. The molecule has 1 aromatic heterocycles. The number of aromatic nitrogens is 2. The molecule has 6 atom stereocenters. The first kappa shape index (κ1) is 27.4. The first-order valence-corrected chi connectivity index (χ1v) is 14.7. The maximum Gasteiger partial charge on any atom is 0.330 e. The summed E-state index contributed by atoms with van der Waals surface area (Å²) in [4.78, 5) is 36.4. The van der Waals surface area contributed by atoms with Crippen LogP contribution in [-0.2, 0) is 23.4 Å². The predicted molar refractivity (Wildman–Crippen MR) is 128 cm³/mol. The molecular formula is C20H31ClN3O8PS. The number of aromatic amines is 1. The van der Waals surface area contributed by atoms with E-state index in [1.165, 1.54) is 13.1 Å². The highest BCUT2D eigenvalue weighted by Crippen LogP contribution is 2.61. The monoisotopic (exact) mass is 539 g/mol. The number of nitrogens with zero attached hydrogens (tertiary/aromatic N) is 1. The van der Waals surface area contributed by atoms with Crippen molar-refractivity contribution in [1.29, 1.82) is 0 Å². The summed E-state index contributed by atoms with van der Waals surface area (Å²) in [6.07, 6.45) is 1.61. The van der Waals surface area contributed by atoms with Crippen molar-refractivity contribution in [2.45, 2.75) is 81.1 Å². The zero-order valence-electron chi connectivity index (χ0n) is 19.3. The Morgan fingerprint density at radius 3 is 2.76 bits per heavy atom. The molecule has 34 heavy (non-hydrogen) atoms. The van der Waals surface area contributed by atoms with Crippen molar-refractivity contribution in [1.82, 2.24) is 14.6 Å². The zero-order valence-corrected chi connectivity index (χ0v) is 21.7. The Kier molecular flexibility index (Phi) is 9.11. The summed E-state index contributed by atoms with van der Waals surface area (Å²) in [5, 5.41) is 13.7. The molecule has 2 fully saturated rings. The van der Waals surface area contributed by atoms with E-state index in [0.717, 1.165) is 47.7 Å². The Hall–Kier alpha value is -1.14. The number of halogens is 1. The van der Waals surface area contributed by atoms with E-state index in [0.29, 0.717) is 0 Å². The standard InChI is InChI=1S/C20H31ClN3O8PS/c1-4-30-17(27)12(2)23-33(29,34-13-7-5-6-8-13)31-11-14-16(26)20(3,21)18(32-14)24-10-9-15(25)22-19(24)28/h9-10,12-14,16,18,26H,4-8,11H2,1-3H3,(H,23,29)(H,22,25,28)/t12?,14-,16-,18-,20-,33?/m1/s1. The average Bonchev–Trinajstić information content (AvgIpc) is 3.34. The van der Waals surface area contributed by atoms with Gasteiger partial charge in [0.05, 0.1) is 13.2 Å². The maximum atomic E-state index is 13.7. The number of ether oxygens (including phenoxy) is 2. The van der Waals surface area contributed by atoms with E-state index in [1.807, 2.05) is 0 Å². The molecule has 0 bridgehead atoms. The zero-order chi connectivity index (χ0) is 25.1. The first-order valence-electron chi connectivity index (χ1n) is 11.2. The van der Waals surface area contributed by atoms with Gasteiger partial charge < -0.3 is 19.1 Å². The summed E-state index contributed by atoms with van der Waals surface area (Å²) >= 11 is 7.69. The molecule has 1 aromatic rings. The van der Waals surface area contributed by atoms with Crippen molar-refractivity contribution in [3.05, 3.63) is 33.1 Å². The number of carbonyl (C=O) groups is 1. The third kappa shape index (κ3) is 6.34. The number of aliphatic hydroxyl groups is 1. The van der Waals surface area contributed by atoms with Crippen LogP contribution in [0.2, 0.25) is 0 Å². The maximum absolute atomic E-state index is 13.7. The fraction of sp³-hybridized carbons (Fsp3) is 0.750. The molecule has 0 amide bonds. The highest BCUT2D eigenvalue weighted by molar-refractivity contribution is 8.56. The number of alkyl halides is 1. The highest BCUT2D eigenvalue weighted by Gasteiger charge is 2.54. The minimum Gasteiger partial charge on any atom is -0.465 e. The lowest BCUT2D eigenvalue weighted by Gasteiger charge is -2.27. The molecule has 1 saturated heterocycles. The van der Waals surface area contributed by atoms with Crippen LogP contribution >= 0.6 is 29.7 Å². The van der Waals surface area contributed by atoms with Crippen molar-refractivity contribution in [3.8, 4) is 0 Å². The van der Waals surface area contributed by atoms with Gasteiger partial charge in [0.2, 0.25) is 0 Å². The molecule has 3 N–H and O–H groups in total. The summed E-state index contributed by atoms with van der Waals surface area (Å²) in [5.74, 6) is -0.554. The Morgan fingerprint density at radius 2 is 2.15 bits per heavy atom. The summed E-state index contributed by atoms with van der Waals surface area (Å²) in [7, 11) is 0. The normalized spacial score (nSPS) is 30.2. The van der Waals surface area contributed by atoms with Gasteiger partial charge in [-0.3, -0.25) is 23.7 Å². The first-order chi connectivity index (χ1) is 16.0. The van der Waals surface area contributed by atoms with Gasteiger partial charge in [0.1, 0.15) is 23.1 Å². The fourth-order valence-corrected chi connectivity index (χ4v) is 9.16. The Balaban J connectivity index is 1.75. The molecule has 0 spiro atoms. The van der Waals surface area contributed by atoms with Crippen LogP contribution in [0, 0.1) is 0 Å². The lowest BCUT2D eigenvalue weighted by atomic mass is 10.0. The molecule has 14 heteroatoms. The second-order valence-corrected chi connectivity index (χ2v) is 13.8. The Morgan fingerprint density at radius 1 is 1.47 bits per heavy atom. The highest BCUT2D eigenvalue weighted by atomic mass is 35.5. The van der Waals surface area contributed by atoms with Gasteiger partial charge in [-0.25, -0.2) is 9.88 Å². The number of carbonyl (C=O) groups excluding carboxylic acids is 1. The molecule has 0 aromatic carbocycles. The van der Waals surface area contributed by atoms with Crippen molar-refractivity contribution in [3.63, 3.8) is 0 Å². The predicted octanol–water partition coefficient (Wildman–Crippen LogP) is 2.13. The van der Waals surface area contributed by atoms with Crippen LogP contribution < -0.4 is 16.3 Å². The van der Waals surface area contributed by atoms with E-state index in [-0.39, 0.29) is 18.5 Å². The van der Waals surface area contributed by atoms with Gasteiger partial charge in [-0.2, -0.15) is 0 Å². The molecule has 11 nitrogen and oxygen atoms in total. The van der Waals surface area contributed by atoms with Gasteiger partial charge in [-0.1, -0.05) is 24.2 Å². The molecule has 2 unspecified atom stereocenters. The van der Waals surface area contributed by atoms with E-state index in [2.05, 4.69) is 10.1 Å². The average molecular weight is 540 g/mol. The van der Waals surface area contributed by atoms with Crippen molar-refractivity contribution in [2.75, 3.05) is 13.2 Å². The fourth-order valence-electron chi connectivity index (χ4n) is 3.98. The molecular weight excluding hydrogens is 509 g/mol. The summed E-state index contributed by atoms with van der Waals surface area (Å²) in [6, 6.07) is 0.265. The van der Waals surface area contributed by atoms with Gasteiger partial charge in [0, 0.05) is 17.5 Å². The van der Waals surface area contributed by atoms with E-state index in [4.69, 9.17) is 25.6 Å². The third-order valence-corrected chi connectivity index (χ3v) is 10.8. The van der Waals surface area contributed by atoms with Gasteiger partial charge in [0.15, 0.2) is 6.23 Å². The number of hydrogen-bond acceptors (Lipinski definition) is 9. The Bertz CT molecular complexity index is 1030. The summed E-state index contributed by atoms with van der Waals surface area (Å²) in [6.45, 7) is 0.981. The summed E-state index contributed by atoms with van der Waals surface area (Å²) in [5.41, 5.74) is -1.33. The molecule has 1 aliphatic carbocycles. The van der Waals surface area contributed by atoms with Crippen molar-refractivity contribution >= 4 is 35.7 Å². The molecule has 192 valence electrons. The van der Waals surface area contributed by atoms with E-state index in [9.17, 15) is 24.1 Å². The quantitative estimate of drug-likeness (QED) is 0.229. The number of H-pyrrole nitrogens is 1. The number of nitrogens with one attached hydrogen (secondary N) is 2. The van der Waals surface area contributed by atoms with Crippen LogP contribution in [0.3, 0.4) is 0 Å². The van der Waals surface area contributed by atoms with Gasteiger partial charge in [-0.15, -0.1) is 11.6 Å².